The molecule has 1 saturated heterocycles. The summed E-state index contributed by atoms with van der Waals surface area (Å²) in [6.45, 7) is 3.19. The Bertz CT molecular complexity index is 1210. The van der Waals surface area contributed by atoms with Crippen LogP contribution in [0.5, 0.6) is 0 Å². The van der Waals surface area contributed by atoms with Gasteiger partial charge in [0.1, 0.15) is 23.6 Å². The highest BCUT2D eigenvalue weighted by molar-refractivity contribution is 7.91. The maximum absolute atomic E-state index is 12.7. The van der Waals surface area contributed by atoms with Gasteiger partial charge >= 0.3 is 0 Å². The van der Waals surface area contributed by atoms with Gasteiger partial charge in [0.2, 0.25) is 0 Å². The fourth-order valence-corrected chi connectivity index (χ4v) is 5.34. The van der Waals surface area contributed by atoms with Crippen LogP contribution >= 0.6 is 0 Å². The van der Waals surface area contributed by atoms with Crippen LogP contribution in [-0.4, -0.2) is 83.6 Å². The van der Waals surface area contributed by atoms with E-state index in [0.29, 0.717) is 51.4 Å². The van der Waals surface area contributed by atoms with Gasteiger partial charge in [-0.3, -0.25) is 9.69 Å². The first-order valence-corrected chi connectivity index (χ1v) is 12.0. The van der Waals surface area contributed by atoms with Crippen molar-refractivity contribution in [3.63, 3.8) is 0 Å². The number of hydrogen-bond acceptors (Lipinski definition) is 9. The van der Waals surface area contributed by atoms with Crippen molar-refractivity contribution in [3.05, 3.63) is 35.6 Å². The lowest BCUT2D eigenvalue weighted by Crippen LogP contribution is -2.44. The van der Waals surface area contributed by atoms with Crippen molar-refractivity contribution >= 4 is 32.6 Å². The molecule has 5 rings (SSSR count). The normalized spacial score (nSPS) is 18.8. The molecule has 0 aliphatic carbocycles. The second kappa shape index (κ2) is 7.93. The van der Waals surface area contributed by atoms with Gasteiger partial charge in [-0.25, -0.2) is 18.4 Å². The van der Waals surface area contributed by atoms with Crippen molar-refractivity contribution in [2.45, 2.75) is 13.0 Å². The molecule has 2 N–H and O–H groups in total. The van der Waals surface area contributed by atoms with E-state index in [2.05, 4.69) is 30.3 Å². The zero-order chi connectivity index (χ0) is 21.4. The third kappa shape index (κ3) is 4.00. The Labute approximate surface area is 178 Å². The van der Waals surface area contributed by atoms with Crippen LogP contribution in [0, 0.1) is 0 Å². The molecule has 2 aliphatic heterocycles. The number of amides is 1. The van der Waals surface area contributed by atoms with Gasteiger partial charge < -0.3 is 19.7 Å². The molecular formula is C19H23N7O4S. The van der Waals surface area contributed by atoms with Gasteiger partial charge in [0.05, 0.1) is 23.4 Å². The number of hydrogen-bond donors (Lipinski definition) is 2. The summed E-state index contributed by atoms with van der Waals surface area (Å²) in [6, 6.07) is 1.94. The smallest absolute Gasteiger partial charge is 0.273 e. The molecule has 0 atom stereocenters. The molecule has 11 nitrogen and oxygen atoms in total. The van der Waals surface area contributed by atoms with Crippen molar-refractivity contribution < 1.29 is 17.7 Å². The Morgan fingerprint density at radius 2 is 2.06 bits per heavy atom. The number of fused-ring (bicyclic) bond motifs is 2. The van der Waals surface area contributed by atoms with E-state index in [1.54, 1.807) is 0 Å². The molecule has 164 valence electrons. The quantitative estimate of drug-likeness (QED) is 0.554. The number of sulfone groups is 1. The van der Waals surface area contributed by atoms with Crippen LogP contribution in [0.2, 0.25) is 0 Å². The topological polar surface area (TPSA) is 137 Å². The molecule has 0 spiro atoms. The van der Waals surface area contributed by atoms with Gasteiger partial charge in [0.25, 0.3) is 5.91 Å². The number of H-pyrrole nitrogens is 1. The summed E-state index contributed by atoms with van der Waals surface area (Å²) in [7, 11) is -2.91. The Kier molecular flexibility index (Phi) is 5.10. The van der Waals surface area contributed by atoms with Gasteiger partial charge in [-0.1, -0.05) is 5.16 Å². The highest BCUT2D eigenvalue weighted by atomic mass is 32.2. The molecule has 2 aliphatic rings. The standard InChI is InChI=1S/C19H23N7O4S/c27-19(21-4-6-25-7-9-31(28,29)10-8-25)16-14-11-26(5-2-15(14)30-24-16)18-13-1-3-20-17(13)22-12-23-18/h1,3,12H,2,4-11H2,(H,21,27)(H,20,22,23). The van der Waals surface area contributed by atoms with Gasteiger partial charge in [-0.15, -0.1) is 0 Å². The number of rotatable bonds is 5. The summed E-state index contributed by atoms with van der Waals surface area (Å²) in [4.78, 5) is 28.6. The van der Waals surface area contributed by atoms with Crippen LogP contribution in [0.1, 0.15) is 21.8 Å². The second-order valence-electron chi connectivity index (χ2n) is 7.79. The summed E-state index contributed by atoms with van der Waals surface area (Å²) in [5.41, 5.74) is 1.83. The van der Waals surface area contributed by atoms with Crippen LogP contribution in [0.15, 0.2) is 23.1 Å². The SMILES string of the molecule is O=C(NCCN1CCS(=O)(=O)CC1)c1noc2c1CN(c1ncnc3[nH]ccc13)CC2. The lowest BCUT2D eigenvalue weighted by Gasteiger charge is -2.27. The Morgan fingerprint density at radius 3 is 2.90 bits per heavy atom. The number of nitrogens with one attached hydrogen (secondary N) is 2. The van der Waals surface area contributed by atoms with E-state index in [-0.39, 0.29) is 17.4 Å². The summed E-state index contributed by atoms with van der Waals surface area (Å²) in [6.07, 6.45) is 3.98. The predicted octanol–water partition coefficient (Wildman–Crippen LogP) is -0.0312. The number of aromatic nitrogens is 4. The van der Waals surface area contributed by atoms with Crippen molar-refractivity contribution in [2.24, 2.45) is 0 Å². The van der Waals surface area contributed by atoms with E-state index in [0.717, 1.165) is 28.2 Å². The molecule has 0 unspecified atom stereocenters. The van der Waals surface area contributed by atoms with Crippen LogP contribution in [0.25, 0.3) is 11.0 Å². The van der Waals surface area contributed by atoms with Crippen molar-refractivity contribution in [3.8, 4) is 0 Å². The van der Waals surface area contributed by atoms with Crippen LogP contribution in [-0.2, 0) is 22.8 Å². The highest BCUT2D eigenvalue weighted by Gasteiger charge is 2.29. The van der Waals surface area contributed by atoms with Crippen molar-refractivity contribution in [1.82, 2.24) is 30.3 Å². The molecule has 0 radical (unpaired) electrons. The maximum Gasteiger partial charge on any atom is 0.273 e. The van der Waals surface area contributed by atoms with E-state index in [1.165, 1.54) is 6.33 Å². The molecule has 1 fully saturated rings. The van der Waals surface area contributed by atoms with Crippen LogP contribution < -0.4 is 10.2 Å². The number of anilines is 1. The largest absolute Gasteiger partial charge is 0.360 e. The first-order valence-electron chi connectivity index (χ1n) is 10.2. The molecule has 0 saturated carbocycles. The Morgan fingerprint density at radius 1 is 1.23 bits per heavy atom. The Hall–Kier alpha value is -2.99. The molecule has 31 heavy (non-hydrogen) atoms. The lowest BCUT2D eigenvalue weighted by molar-refractivity contribution is 0.0939. The number of carbonyl (C=O) groups is 1. The minimum absolute atomic E-state index is 0.172. The molecule has 3 aromatic rings. The van der Waals surface area contributed by atoms with Crippen molar-refractivity contribution in [2.75, 3.05) is 49.1 Å². The van der Waals surface area contributed by atoms with E-state index in [9.17, 15) is 13.2 Å². The number of aromatic amines is 1. The first kappa shape index (κ1) is 19.9. The van der Waals surface area contributed by atoms with E-state index in [4.69, 9.17) is 4.52 Å². The zero-order valence-corrected chi connectivity index (χ0v) is 17.7. The third-order valence-corrected chi connectivity index (χ3v) is 7.43. The lowest BCUT2D eigenvalue weighted by atomic mass is 10.1. The second-order valence-corrected chi connectivity index (χ2v) is 10.1. The van der Waals surface area contributed by atoms with Crippen LogP contribution in [0.3, 0.4) is 0 Å². The summed E-state index contributed by atoms with van der Waals surface area (Å²) < 4.78 is 28.5. The number of carbonyl (C=O) groups excluding carboxylic acids is 1. The third-order valence-electron chi connectivity index (χ3n) is 5.83. The predicted molar refractivity (Wildman–Crippen MR) is 113 cm³/mol. The fraction of sp³-hybridized carbons (Fsp3) is 0.474. The van der Waals surface area contributed by atoms with Crippen LogP contribution in [0.4, 0.5) is 5.82 Å². The molecule has 3 aromatic heterocycles. The van der Waals surface area contributed by atoms with Crippen molar-refractivity contribution in [1.29, 1.82) is 0 Å². The van der Waals surface area contributed by atoms with E-state index >= 15 is 0 Å². The van der Waals surface area contributed by atoms with Gasteiger partial charge in [0.15, 0.2) is 15.5 Å². The fourth-order valence-electron chi connectivity index (χ4n) is 4.06. The van der Waals surface area contributed by atoms with E-state index < -0.39 is 9.84 Å². The van der Waals surface area contributed by atoms with Gasteiger partial charge in [-0.2, -0.15) is 0 Å². The molecule has 0 bridgehead atoms. The number of nitrogens with zero attached hydrogens (tertiary/aromatic N) is 5. The molecule has 0 aromatic carbocycles. The minimum Gasteiger partial charge on any atom is -0.360 e. The molecular weight excluding hydrogens is 422 g/mol. The highest BCUT2D eigenvalue weighted by Crippen LogP contribution is 2.29. The average molecular weight is 446 g/mol. The van der Waals surface area contributed by atoms with Gasteiger partial charge in [-0.05, 0) is 6.07 Å². The molecule has 1 amide bonds. The monoisotopic (exact) mass is 445 g/mol. The molecule has 5 heterocycles. The summed E-state index contributed by atoms with van der Waals surface area (Å²) >= 11 is 0. The summed E-state index contributed by atoms with van der Waals surface area (Å²) in [5, 5.41) is 7.83. The minimum atomic E-state index is -2.91. The zero-order valence-electron chi connectivity index (χ0n) is 16.9. The maximum atomic E-state index is 12.7. The van der Waals surface area contributed by atoms with Gasteiger partial charge in [0, 0.05) is 50.9 Å². The average Bonchev–Trinajstić information content (AvgIpc) is 3.41. The Balaban J connectivity index is 1.24. The summed E-state index contributed by atoms with van der Waals surface area (Å²) in [5.74, 6) is 1.59. The molecule has 12 heteroatoms. The first-order chi connectivity index (χ1) is 15.0. The van der Waals surface area contributed by atoms with E-state index in [1.807, 2.05) is 17.2 Å².